The number of nitrogens with one attached hydrogen (secondary N) is 1. The van der Waals surface area contributed by atoms with Crippen LogP contribution in [-0.4, -0.2) is 41.4 Å². The number of nitrogens with zero attached hydrogens (tertiary/aromatic N) is 3. The van der Waals surface area contributed by atoms with E-state index < -0.39 is 0 Å². The highest BCUT2D eigenvalue weighted by molar-refractivity contribution is 5.95. The lowest BCUT2D eigenvalue weighted by atomic mass is 10.1. The summed E-state index contributed by atoms with van der Waals surface area (Å²) >= 11 is 0. The Morgan fingerprint density at radius 3 is 2.59 bits per heavy atom. The average molecular weight is 394 g/mol. The number of rotatable bonds is 8. The van der Waals surface area contributed by atoms with Crippen LogP contribution in [0.3, 0.4) is 0 Å². The van der Waals surface area contributed by atoms with Crippen molar-refractivity contribution in [3.63, 3.8) is 0 Å². The molecule has 0 radical (unpaired) electrons. The van der Waals surface area contributed by atoms with Crippen molar-refractivity contribution in [2.75, 3.05) is 20.8 Å². The molecule has 0 fully saturated rings. The van der Waals surface area contributed by atoms with Crippen molar-refractivity contribution in [3.8, 4) is 17.3 Å². The van der Waals surface area contributed by atoms with Crippen LogP contribution in [0.25, 0.3) is 5.82 Å². The Morgan fingerprint density at radius 2 is 1.93 bits per heavy atom. The molecule has 0 spiro atoms. The molecule has 0 saturated carbocycles. The molecule has 0 aliphatic rings. The number of hydrogen-bond acceptors (Lipinski definition) is 5. The van der Waals surface area contributed by atoms with Crippen LogP contribution in [0.15, 0.2) is 48.8 Å². The molecule has 0 unspecified atom stereocenters. The number of benzene rings is 1. The van der Waals surface area contributed by atoms with Crippen LogP contribution >= 0.6 is 0 Å². The molecule has 3 aromatic rings. The lowest BCUT2D eigenvalue weighted by Gasteiger charge is -2.13. The van der Waals surface area contributed by atoms with E-state index in [1.165, 1.54) is 0 Å². The Kier molecular flexibility index (Phi) is 6.49. The first-order chi connectivity index (χ1) is 14.0. The minimum absolute atomic E-state index is 0.117. The summed E-state index contributed by atoms with van der Waals surface area (Å²) in [6, 6.07) is 11.4. The van der Waals surface area contributed by atoms with Gasteiger partial charge < -0.3 is 14.8 Å². The molecule has 0 aliphatic carbocycles. The van der Waals surface area contributed by atoms with Crippen LogP contribution in [-0.2, 0) is 6.42 Å². The monoisotopic (exact) mass is 394 g/mol. The first kappa shape index (κ1) is 20.4. The largest absolute Gasteiger partial charge is 0.493 e. The van der Waals surface area contributed by atoms with E-state index in [1.54, 1.807) is 31.3 Å². The van der Waals surface area contributed by atoms with Gasteiger partial charge in [-0.2, -0.15) is 5.10 Å². The third-order valence-electron chi connectivity index (χ3n) is 4.61. The van der Waals surface area contributed by atoms with Gasteiger partial charge in [0, 0.05) is 12.7 Å². The molecular formula is C22H26N4O3. The number of carbonyl (C=O) groups excluding carboxylic acids is 1. The van der Waals surface area contributed by atoms with Gasteiger partial charge in [-0.05, 0) is 42.2 Å². The van der Waals surface area contributed by atoms with Gasteiger partial charge in [-0.1, -0.05) is 26.0 Å². The second-order valence-electron chi connectivity index (χ2n) is 6.89. The van der Waals surface area contributed by atoms with E-state index in [0.29, 0.717) is 35.8 Å². The zero-order chi connectivity index (χ0) is 20.8. The smallest absolute Gasteiger partial charge is 0.254 e. The fraction of sp³-hybridized carbons (Fsp3) is 0.318. The molecule has 1 aromatic carbocycles. The number of carbonyl (C=O) groups is 1. The van der Waals surface area contributed by atoms with Gasteiger partial charge in [0.2, 0.25) is 0 Å². The number of aromatic nitrogens is 3. The standard InChI is InChI=1S/C22H26N4O3/c1-15(2)21-17(14-25-26(21)20-7-5-6-11-23-20)22(27)24-12-10-16-8-9-18(28-3)19(13-16)29-4/h5-9,11,13-15H,10,12H2,1-4H3,(H,24,27). The Balaban J connectivity index is 1.71. The highest BCUT2D eigenvalue weighted by Crippen LogP contribution is 2.27. The lowest BCUT2D eigenvalue weighted by Crippen LogP contribution is -2.26. The van der Waals surface area contributed by atoms with Gasteiger partial charge in [-0.15, -0.1) is 0 Å². The zero-order valence-corrected chi connectivity index (χ0v) is 17.2. The molecule has 7 nitrogen and oxygen atoms in total. The van der Waals surface area contributed by atoms with Gasteiger partial charge in [0.15, 0.2) is 17.3 Å². The Bertz CT molecular complexity index is 967. The highest BCUT2D eigenvalue weighted by atomic mass is 16.5. The summed E-state index contributed by atoms with van der Waals surface area (Å²) in [5.41, 5.74) is 2.46. The van der Waals surface area contributed by atoms with Crippen molar-refractivity contribution < 1.29 is 14.3 Å². The maximum absolute atomic E-state index is 12.8. The quantitative estimate of drug-likeness (QED) is 0.634. The van der Waals surface area contributed by atoms with Gasteiger partial charge in [-0.3, -0.25) is 4.79 Å². The second-order valence-corrected chi connectivity index (χ2v) is 6.89. The first-order valence-electron chi connectivity index (χ1n) is 9.53. The third-order valence-corrected chi connectivity index (χ3v) is 4.61. The van der Waals surface area contributed by atoms with Crippen LogP contribution in [0.4, 0.5) is 0 Å². The third kappa shape index (κ3) is 4.56. The van der Waals surface area contributed by atoms with Gasteiger partial charge in [0.25, 0.3) is 5.91 Å². The minimum atomic E-state index is -0.142. The van der Waals surface area contributed by atoms with Crippen LogP contribution in [0.1, 0.15) is 41.4 Å². The number of hydrogen-bond donors (Lipinski definition) is 1. The highest BCUT2D eigenvalue weighted by Gasteiger charge is 2.21. The molecule has 1 amide bonds. The van der Waals surface area contributed by atoms with Crippen molar-refractivity contribution in [1.29, 1.82) is 0 Å². The van der Waals surface area contributed by atoms with E-state index in [1.807, 2.05) is 50.2 Å². The van der Waals surface area contributed by atoms with Gasteiger partial charge in [0.1, 0.15) is 0 Å². The van der Waals surface area contributed by atoms with Gasteiger partial charge >= 0.3 is 0 Å². The summed E-state index contributed by atoms with van der Waals surface area (Å²) in [6.45, 7) is 4.58. The molecular weight excluding hydrogens is 368 g/mol. The Morgan fingerprint density at radius 1 is 1.14 bits per heavy atom. The normalized spacial score (nSPS) is 10.8. The fourth-order valence-corrected chi connectivity index (χ4v) is 3.20. The number of amides is 1. The van der Waals surface area contributed by atoms with E-state index in [2.05, 4.69) is 15.4 Å². The van der Waals surface area contributed by atoms with Crippen LogP contribution in [0, 0.1) is 0 Å². The zero-order valence-electron chi connectivity index (χ0n) is 17.2. The summed E-state index contributed by atoms with van der Waals surface area (Å²) in [5, 5.41) is 7.39. The van der Waals surface area contributed by atoms with E-state index in [9.17, 15) is 4.79 Å². The molecule has 3 rings (SSSR count). The van der Waals surface area contributed by atoms with Crippen molar-refractivity contribution in [2.45, 2.75) is 26.2 Å². The number of ether oxygens (including phenoxy) is 2. The molecule has 29 heavy (non-hydrogen) atoms. The summed E-state index contributed by atoms with van der Waals surface area (Å²) in [6.07, 6.45) is 4.00. The molecule has 2 aromatic heterocycles. The average Bonchev–Trinajstić information content (AvgIpc) is 3.20. The van der Waals surface area contributed by atoms with Crippen LogP contribution in [0.5, 0.6) is 11.5 Å². The SMILES string of the molecule is COc1ccc(CCNC(=O)c2cnn(-c3ccccn3)c2C(C)C)cc1OC. The molecule has 2 heterocycles. The van der Waals surface area contributed by atoms with Crippen molar-refractivity contribution >= 4 is 5.91 Å². The van der Waals surface area contributed by atoms with Crippen molar-refractivity contribution in [2.24, 2.45) is 0 Å². The first-order valence-corrected chi connectivity index (χ1v) is 9.53. The van der Waals surface area contributed by atoms with Gasteiger partial charge in [-0.25, -0.2) is 9.67 Å². The summed E-state index contributed by atoms with van der Waals surface area (Å²) in [7, 11) is 3.21. The summed E-state index contributed by atoms with van der Waals surface area (Å²) < 4.78 is 12.3. The van der Waals surface area contributed by atoms with Gasteiger partial charge in [0.05, 0.1) is 31.7 Å². The predicted molar refractivity (Wildman–Crippen MR) is 111 cm³/mol. The topological polar surface area (TPSA) is 78.3 Å². The van der Waals surface area contributed by atoms with Crippen molar-refractivity contribution in [3.05, 3.63) is 65.6 Å². The summed E-state index contributed by atoms with van der Waals surface area (Å²) in [4.78, 5) is 17.1. The minimum Gasteiger partial charge on any atom is -0.493 e. The van der Waals surface area contributed by atoms with Crippen molar-refractivity contribution in [1.82, 2.24) is 20.1 Å². The van der Waals surface area contributed by atoms with Crippen LogP contribution in [0.2, 0.25) is 0 Å². The second kappa shape index (κ2) is 9.23. The lowest BCUT2D eigenvalue weighted by molar-refractivity contribution is 0.0952. The molecule has 152 valence electrons. The molecule has 7 heteroatoms. The maximum atomic E-state index is 12.8. The molecule has 0 saturated heterocycles. The van der Waals surface area contributed by atoms with E-state index in [0.717, 1.165) is 11.3 Å². The predicted octanol–water partition coefficient (Wildman–Crippen LogP) is 3.38. The molecule has 1 N–H and O–H groups in total. The van der Waals surface area contributed by atoms with E-state index in [-0.39, 0.29) is 11.8 Å². The molecule has 0 atom stereocenters. The summed E-state index contributed by atoms with van der Waals surface area (Å²) in [5.74, 6) is 2.03. The number of pyridine rings is 1. The van der Waals surface area contributed by atoms with E-state index >= 15 is 0 Å². The molecule has 0 aliphatic heterocycles. The maximum Gasteiger partial charge on any atom is 0.254 e. The number of methoxy groups -OCH3 is 2. The van der Waals surface area contributed by atoms with E-state index in [4.69, 9.17) is 9.47 Å². The fourth-order valence-electron chi connectivity index (χ4n) is 3.20. The van der Waals surface area contributed by atoms with Crippen LogP contribution < -0.4 is 14.8 Å². The Labute approximate surface area is 170 Å². The molecule has 0 bridgehead atoms. The Hall–Kier alpha value is -3.35.